The van der Waals surface area contributed by atoms with Gasteiger partial charge in [-0.3, -0.25) is 0 Å². The fourth-order valence-electron chi connectivity index (χ4n) is 2.17. The van der Waals surface area contributed by atoms with Crippen LogP contribution in [0.1, 0.15) is 24.2 Å². The van der Waals surface area contributed by atoms with E-state index in [4.69, 9.17) is 4.74 Å². The maximum absolute atomic E-state index is 5.20. The molecular weight excluding hydrogens is 228 g/mol. The first-order valence-electron chi connectivity index (χ1n) is 6.46. The standard InChI is InChI=1S/C13H22N4O/c1-9-12(14-3)15-10(2)16-13(9)17(7-8-18-4)11-5-6-11/h11H,5-8H2,1-4H3,(H,14,15,16). The first-order valence-corrected chi connectivity index (χ1v) is 6.46. The van der Waals surface area contributed by atoms with Crippen molar-refractivity contribution >= 4 is 11.6 Å². The zero-order valence-corrected chi connectivity index (χ0v) is 11.7. The molecule has 0 bridgehead atoms. The van der Waals surface area contributed by atoms with Crippen molar-refractivity contribution in [2.75, 3.05) is 37.5 Å². The van der Waals surface area contributed by atoms with Gasteiger partial charge in [-0.15, -0.1) is 0 Å². The summed E-state index contributed by atoms with van der Waals surface area (Å²) >= 11 is 0. The molecule has 1 aliphatic rings. The van der Waals surface area contributed by atoms with Crippen LogP contribution >= 0.6 is 0 Å². The number of hydrogen-bond acceptors (Lipinski definition) is 5. The summed E-state index contributed by atoms with van der Waals surface area (Å²) in [5.41, 5.74) is 1.12. The van der Waals surface area contributed by atoms with Gasteiger partial charge < -0.3 is 15.0 Å². The quantitative estimate of drug-likeness (QED) is 0.833. The SMILES string of the molecule is CNc1nc(C)nc(N(CCOC)C2CC2)c1C. The van der Waals surface area contributed by atoms with Crippen molar-refractivity contribution in [3.05, 3.63) is 11.4 Å². The lowest BCUT2D eigenvalue weighted by molar-refractivity contribution is 0.204. The van der Waals surface area contributed by atoms with Gasteiger partial charge in [0.15, 0.2) is 0 Å². The van der Waals surface area contributed by atoms with Crippen LogP contribution in [0.2, 0.25) is 0 Å². The molecular formula is C13H22N4O. The van der Waals surface area contributed by atoms with Crippen LogP contribution in [0.4, 0.5) is 11.6 Å². The normalized spacial score (nSPS) is 14.7. The lowest BCUT2D eigenvalue weighted by Crippen LogP contribution is -2.31. The minimum atomic E-state index is 0.623. The zero-order chi connectivity index (χ0) is 13.1. The molecule has 0 atom stereocenters. The smallest absolute Gasteiger partial charge is 0.137 e. The second kappa shape index (κ2) is 5.52. The number of aryl methyl sites for hydroxylation is 1. The predicted octanol–water partition coefficient (Wildman–Crippen LogP) is 1.75. The molecule has 0 aromatic carbocycles. The topological polar surface area (TPSA) is 50.3 Å². The summed E-state index contributed by atoms with van der Waals surface area (Å²) in [5, 5.41) is 3.14. The van der Waals surface area contributed by atoms with E-state index in [9.17, 15) is 0 Å². The monoisotopic (exact) mass is 250 g/mol. The van der Waals surface area contributed by atoms with Gasteiger partial charge >= 0.3 is 0 Å². The third kappa shape index (κ3) is 2.72. The second-order valence-corrected chi connectivity index (χ2v) is 4.74. The van der Waals surface area contributed by atoms with Crippen molar-refractivity contribution in [3.63, 3.8) is 0 Å². The third-order valence-electron chi connectivity index (χ3n) is 3.26. The Morgan fingerprint density at radius 1 is 1.33 bits per heavy atom. The number of rotatable bonds is 6. The molecule has 0 amide bonds. The maximum atomic E-state index is 5.20. The Morgan fingerprint density at radius 3 is 2.61 bits per heavy atom. The average molecular weight is 250 g/mol. The van der Waals surface area contributed by atoms with Gasteiger partial charge in [-0.2, -0.15) is 0 Å². The molecule has 0 unspecified atom stereocenters. The highest BCUT2D eigenvalue weighted by Gasteiger charge is 2.31. The third-order valence-corrected chi connectivity index (χ3v) is 3.26. The Balaban J connectivity index is 2.30. The first kappa shape index (κ1) is 13.1. The van der Waals surface area contributed by atoms with Crippen LogP contribution in [-0.4, -0.2) is 43.3 Å². The molecule has 1 N–H and O–H groups in total. The zero-order valence-electron chi connectivity index (χ0n) is 11.7. The van der Waals surface area contributed by atoms with E-state index in [0.717, 1.165) is 36.2 Å². The van der Waals surface area contributed by atoms with Crippen LogP contribution < -0.4 is 10.2 Å². The van der Waals surface area contributed by atoms with E-state index in [2.05, 4.69) is 27.1 Å². The maximum Gasteiger partial charge on any atom is 0.137 e. The molecule has 100 valence electrons. The predicted molar refractivity (Wildman–Crippen MR) is 73.3 cm³/mol. The van der Waals surface area contributed by atoms with Crippen molar-refractivity contribution in [2.24, 2.45) is 0 Å². The van der Waals surface area contributed by atoms with E-state index in [0.29, 0.717) is 6.04 Å². The summed E-state index contributed by atoms with van der Waals surface area (Å²) in [7, 11) is 3.64. The Morgan fingerprint density at radius 2 is 2.06 bits per heavy atom. The van der Waals surface area contributed by atoms with E-state index in [1.165, 1.54) is 12.8 Å². The second-order valence-electron chi connectivity index (χ2n) is 4.74. The molecule has 1 heterocycles. The fourth-order valence-corrected chi connectivity index (χ4v) is 2.17. The van der Waals surface area contributed by atoms with E-state index < -0.39 is 0 Å². The van der Waals surface area contributed by atoms with Gasteiger partial charge in [-0.25, -0.2) is 9.97 Å². The van der Waals surface area contributed by atoms with Crippen LogP contribution in [-0.2, 0) is 4.74 Å². The van der Waals surface area contributed by atoms with Gasteiger partial charge in [0.1, 0.15) is 17.5 Å². The van der Waals surface area contributed by atoms with Crippen molar-refractivity contribution in [3.8, 4) is 0 Å². The molecule has 0 spiro atoms. The lowest BCUT2D eigenvalue weighted by Gasteiger charge is -2.25. The molecule has 18 heavy (non-hydrogen) atoms. The van der Waals surface area contributed by atoms with Crippen LogP contribution in [0, 0.1) is 13.8 Å². The Bertz CT molecular complexity index is 418. The lowest BCUT2D eigenvalue weighted by atomic mass is 10.2. The van der Waals surface area contributed by atoms with Gasteiger partial charge in [-0.05, 0) is 26.7 Å². The van der Waals surface area contributed by atoms with Crippen LogP contribution in [0.3, 0.4) is 0 Å². The molecule has 0 aliphatic heterocycles. The summed E-state index contributed by atoms with van der Waals surface area (Å²) in [4.78, 5) is 11.4. The average Bonchev–Trinajstić information content (AvgIpc) is 3.17. The van der Waals surface area contributed by atoms with Gasteiger partial charge in [0.2, 0.25) is 0 Å². The Labute approximate surface area is 109 Å². The fraction of sp³-hybridized carbons (Fsp3) is 0.692. The van der Waals surface area contributed by atoms with E-state index >= 15 is 0 Å². The number of nitrogens with zero attached hydrogens (tertiary/aromatic N) is 3. The molecule has 1 fully saturated rings. The van der Waals surface area contributed by atoms with Crippen molar-refractivity contribution < 1.29 is 4.74 Å². The highest BCUT2D eigenvalue weighted by molar-refractivity contribution is 5.59. The number of ether oxygens (including phenoxy) is 1. The van der Waals surface area contributed by atoms with Crippen molar-refractivity contribution in [1.29, 1.82) is 0 Å². The number of methoxy groups -OCH3 is 1. The highest BCUT2D eigenvalue weighted by Crippen LogP contribution is 2.33. The Hall–Kier alpha value is -1.36. The highest BCUT2D eigenvalue weighted by atomic mass is 16.5. The van der Waals surface area contributed by atoms with Gasteiger partial charge in [0.25, 0.3) is 0 Å². The molecule has 1 saturated carbocycles. The summed E-state index contributed by atoms with van der Waals surface area (Å²) in [6, 6.07) is 0.623. The molecule has 5 nitrogen and oxygen atoms in total. The molecule has 1 aromatic heterocycles. The molecule has 5 heteroatoms. The van der Waals surface area contributed by atoms with Crippen molar-refractivity contribution in [2.45, 2.75) is 32.7 Å². The molecule has 1 aromatic rings. The summed E-state index contributed by atoms with van der Waals surface area (Å²) < 4.78 is 5.20. The number of hydrogen-bond donors (Lipinski definition) is 1. The molecule has 0 radical (unpaired) electrons. The van der Waals surface area contributed by atoms with Gasteiger partial charge in [0.05, 0.1) is 6.61 Å². The van der Waals surface area contributed by atoms with Crippen molar-refractivity contribution in [1.82, 2.24) is 9.97 Å². The van der Waals surface area contributed by atoms with E-state index in [1.807, 2.05) is 14.0 Å². The first-order chi connectivity index (χ1) is 8.67. The molecule has 2 rings (SSSR count). The van der Waals surface area contributed by atoms with Gasteiger partial charge in [0, 0.05) is 32.3 Å². The summed E-state index contributed by atoms with van der Waals surface area (Å²) in [6.07, 6.45) is 2.50. The summed E-state index contributed by atoms with van der Waals surface area (Å²) in [5.74, 6) is 2.77. The van der Waals surface area contributed by atoms with Crippen LogP contribution in [0.5, 0.6) is 0 Å². The largest absolute Gasteiger partial charge is 0.383 e. The van der Waals surface area contributed by atoms with E-state index in [-0.39, 0.29) is 0 Å². The Kier molecular flexibility index (Phi) is 4.01. The van der Waals surface area contributed by atoms with Gasteiger partial charge in [-0.1, -0.05) is 0 Å². The minimum absolute atomic E-state index is 0.623. The van der Waals surface area contributed by atoms with Crippen LogP contribution in [0.25, 0.3) is 0 Å². The van der Waals surface area contributed by atoms with Crippen LogP contribution in [0.15, 0.2) is 0 Å². The summed E-state index contributed by atoms with van der Waals surface area (Å²) in [6.45, 7) is 5.63. The van der Waals surface area contributed by atoms with E-state index in [1.54, 1.807) is 7.11 Å². The minimum Gasteiger partial charge on any atom is -0.383 e. The number of nitrogens with one attached hydrogen (secondary N) is 1. The molecule has 1 aliphatic carbocycles. The number of anilines is 2. The number of aromatic nitrogens is 2. The molecule has 0 saturated heterocycles.